The summed E-state index contributed by atoms with van der Waals surface area (Å²) in [7, 11) is 0. The minimum Gasteiger partial charge on any atom is -0.480 e. The van der Waals surface area contributed by atoms with Crippen molar-refractivity contribution in [3.05, 3.63) is 29.8 Å². The van der Waals surface area contributed by atoms with Crippen molar-refractivity contribution in [2.24, 2.45) is 0 Å². The molecule has 0 aliphatic rings. The number of carbonyl (C=O) groups is 2. The van der Waals surface area contributed by atoms with E-state index < -0.39 is 12.0 Å². The summed E-state index contributed by atoms with van der Waals surface area (Å²) in [5, 5.41) is 14.7. The fourth-order valence-electron chi connectivity index (χ4n) is 1.64. The average Bonchev–Trinajstić information content (AvgIpc) is 2.35. The molecule has 0 aliphatic carbocycles. The minimum atomic E-state index is -0.903. The number of amides is 1. The highest BCUT2D eigenvalue weighted by Gasteiger charge is 2.15. The summed E-state index contributed by atoms with van der Waals surface area (Å²) < 4.78 is 0. The third-order valence-corrected chi connectivity index (χ3v) is 2.59. The number of hydrogen-bond acceptors (Lipinski definition) is 3. The van der Waals surface area contributed by atoms with Gasteiger partial charge in [0, 0.05) is 17.3 Å². The lowest BCUT2D eigenvalue weighted by atomic mass is 10.1. The molecule has 1 aromatic rings. The number of nitrogens with one attached hydrogen (secondary N) is 2. The monoisotopic (exact) mass is 264 g/mol. The second-order valence-electron chi connectivity index (χ2n) is 4.65. The third-order valence-electron chi connectivity index (χ3n) is 2.59. The van der Waals surface area contributed by atoms with Gasteiger partial charge in [-0.25, -0.2) is 4.79 Å². The fourth-order valence-corrected chi connectivity index (χ4v) is 1.64. The molecule has 104 valence electrons. The number of carbonyl (C=O) groups excluding carboxylic acids is 1. The Bertz CT molecular complexity index is 458. The first-order valence-electron chi connectivity index (χ1n) is 6.34. The number of rotatable bonds is 6. The zero-order valence-electron chi connectivity index (χ0n) is 11.4. The van der Waals surface area contributed by atoms with Crippen molar-refractivity contribution in [2.75, 3.05) is 5.32 Å². The Labute approximate surface area is 113 Å². The van der Waals surface area contributed by atoms with Crippen molar-refractivity contribution in [1.29, 1.82) is 0 Å². The zero-order valence-corrected chi connectivity index (χ0v) is 11.4. The summed E-state index contributed by atoms with van der Waals surface area (Å²) in [6.07, 6.45) is 0.470. The van der Waals surface area contributed by atoms with Crippen molar-refractivity contribution in [3.8, 4) is 0 Å². The molecule has 0 spiro atoms. The first-order chi connectivity index (χ1) is 8.93. The second kappa shape index (κ2) is 6.78. The van der Waals surface area contributed by atoms with Crippen LogP contribution in [0.3, 0.4) is 0 Å². The van der Waals surface area contributed by atoms with Crippen molar-refractivity contribution >= 4 is 17.6 Å². The third kappa shape index (κ3) is 4.62. The van der Waals surface area contributed by atoms with Crippen LogP contribution in [-0.2, 0) is 4.79 Å². The molecular weight excluding hydrogens is 244 g/mol. The minimum absolute atomic E-state index is 0.0616. The van der Waals surface area contributed by atoms with Crippen molar-refractivity contribution in [1.82, 2.24) is 5.32 Å². The zero-order chi connectivity index (χ0) is 14.4. The van der Waals surface area contributed by atoms with E-state index in [-0.39, 0.29) is 11.9 Å². The van der Waals surface area contributed by atoms with Crippen LogP contribution in [0.4, 0.5) is 5.69 Å². The number of hydrogen-bond donors (Lipinski definition) is 3. The van der Waals surface area contributed by atoms with Crippen LogP contribution in [0.25, 0.3) is 0 Å². The summed E-state index contributed by atoms with van der Waals surface area (Å²) in [5.41, 5.74) is 1.14. The van der Waals surface area contributed by atoms with E-state index in [4.69, 9.17) is 5.11 Å². The Morgan fingerprint density at radius 1 is 1.32 bits per heavy atom. The summed E-state index contributed by atoms with van der Waals surface area (Å²) in [4.78, 5) is 22.8. The van der Waals surface area contributed by atoms with Crippen LogP contribution < -0.4 is 10.6 Å². The molecule has 3 N–H and O–H groups in total. The van der Waals surface area contributed by atoms with E-state index in [0.29, 0.717) is 17.7 Å². The van der Waals surface area contributed by atoms with Gasteiger partial charge in [0.25, 0.3) is 5.91 Å². The van der Waals surface area contributed by atoms with Crippen LogP contribution in [0.15, 0.2) is 24.3 Å². The standard InChI is InChI=1S/C14H20N2O3/c1-4-12(14(18)19)16-11-7-5-6-10(8-11)13(17)15-9(2)3/h5-9,12,16H,4H2,1-3H3,(H,15,17)(H,18,19). The Morgan fingerprint density at radius 3 is 2.53 bits per heavy atom. The van der Waals surface area contributed by atoms with E-state index in [0.717, 1.165) is 0 Å². The molecule has 0 heterocycles. The van der Waals surface area contributed by atoms with E-state index >= 15 is 0 Å². The molecule has 19 heavy (non-hydrogen) atoms. The summed E-state index contributed by atoms with van der Waals surface area (Å²) in [6, 6.07) is 6.24. The maximum atomic E-state index is 11.8. The Hall–Kier alpha value is -2.04. The molecule has 5 heteroatoms. The summed E-state index contributed by atoms with van der Waals surface area (Å²) >= 11 is 0. The van der Waals surface area contributed by atoms with Crippen LogP contribution in [0.2, 0.25) is 0 Å². The first-order valence-corrected chi connectivity index (χ1v) is 6.34. The highest BCUT2D eigenvalue weighted by molar-refractivity contribution is 5.95. The number of benzene rings is 1. The molecule has 0 aliphatic heterocycles. The van der Waals surface area contributed by atoms with Crippen LogP contribution in [0.1, 0.15) is 37.6 Å². The topological polar surface area (TPSA) is 78.4 Å². The van der Waals surface area contributed by atoms with Gasteiger partial charge in [0.05, 0.1) is 0 Å². The maximum Gasteiger partial charge on any atom is 0.326 e. The molecule has 0 bridgehead atoms. The van der Waals surface area contributed by atoms with Gasteiger partial charge < -0.3 is 15.7 Å². The second-order valence-corrected chi connectivity index (χ2v) is 4.65. The van der Waals surface area contributed by atoms with Crippen molar-refractivity contribution in [3.63, 3.8) is 0 Å². The van der Waals surface area contributed by atoms with Gasteiger partial charge in [-0.05, 0) is 38.5 Å². The molecule has 0 saturated carbocycles. The molecule has 1 unspecified atom stereocenters. The van der Waals surface area contributed by atoms with Gasteiger partial charge >= 0.3 is 5.97 Å². The van der Waals surface area contributed by atoms with Gasteiger partial charge in [0.2, 0.25) is 0 Å². The number of anilines is 1. The highest BCUT2D eigenvalue weighted by Crippen LogP contribution is 2.13. The van der Waals surface area contributed by atoms with Crippen LogP contribution in [0.5, 0.6) is 0 Å². The maximum absolute atomic E-state index is 11.8. The van der Waals surface area contributed by atoms with Gasteiger partial charge in [-0.15, -0.1) is 0 Å². The average molecular weight is 264 g/mol. The predicted octanol–water partition coefficient (Wildman–Crippen LogP) is 2.10. The number of carboxylic acid groups (broad SMARTS) is 1. The Kier molecular flexibility index (Phi) is 5.36. The van der Waals surface area contributed by atoms with Crippen molar-refractivity contribution < 1.29 is 14.7 Å². The predicted molar refractivity (Wildman–Crippen MR) is 74.4 cm³/mol. The Morgan fingerprint density at radius 2 is 2.00 bits per heavy atom. The molecule has 1 atom stereocenters. The molecule has 5 nitrogen and oxygen atoms in total. The number of carboxylic acids is 1. The SMILES string of the molecule is CCC(Nc1cccc(C(=O)NC(C)C)c1)C(=O)O. The van der Waals surface area contributed by atoms with Crippen molar-refractivity contribution in [2.45, 2.75) is 39.3 Å². The molecule has 0 aromatic heterocycles. The smallest absolute Gasteiger partial charge is 0.326 e. The first kappa shape index (κ1) is 15.0. The van der Waals surface area contributed by atoms with E-state index in [2.05, 4.69) is 10.6 Å². The molecule has 0 radical (unpaired) electrons. The van der Waals surface area contributed by atoms with Crippen LogP contribution in [-0.4, -0.2) is 29.1 Å². The van der Waals surface area contributed by atoms with E-state index in [1.165, 1.54) is 0 Å². The highest BCUT2D eigenvalue weighted by atomic mass is 16.4. The van der Waals surface area contributed by atoms with Gasteiger partial charge in [-0.2, -0.15) is 0 Å². The molecule has 0 saturated heterocycles. The normalized spacial score (nSPS) is 12.0. The molecule has 1 aromatic carbocycles. The van der Waals surface area contributed by atoms with Gasteiger partial charge in [-0.3, -0.25) is 4.79 Å². The lowest BCUT2D eigenvalue weighted by Gasteiger charge is -2.15. The molecule has 1 rings (SSSR count). The van der Waals surface area contributed by atoms with Crippen LogP contribution >= 0.6 is 0 Å². The summed E-state index contributed by atoms with van der Waals surface area (Å²) in [6.45, 7) is 5.57. The number of aliphatic carboxylic acids is 1. The fraction of sp³-hybridized carbons (Fsp3) is 0.429. The lowest BCUT2D eigenvalue weighted by molar-refractivity contribution is -0.137. The van der Waals surface area contributed by atoms with Crippen LogP contribution in [0, 0.1) is 0 Å². The van der Waals surface area contributed by atoms with E-state index in [9.17, 15) is 9.59 Å². The molecule has 1 amide bonds. The van der Waals surface area contributed by atoms with Gasteiger partial charge in [-0.1, -0.05) is 13.0 Å². The van der Waals surface area contributed by atoms with E-state index in [1.54, 1.807) is 31.2 Å². The van der Waals surface area contributed by atoms with Gasteiger partial charge in [0.1, 0.15) is 6.04 Å². The lowest BCUT2D eigenvalue weighted by Crippen LogP contribution is -2.30. The quantitative estimate of drug-likeness (QED) is 0.735. The van der Waals surface area contributed by atoms with Gasteiger partial charge in [0.15, 0.2) is 0 Å². The molecule has 0 fully saturated rings. The Balaban J connectivity index is 2.82. The van der Waals surface area contributed by atoms with E-state index in [1.807, 2.05) is 13.8 Å². The summed E-state index contributed by atoms with van der Waals surface area (Å²) in [5.74, 6) is -1.07. The molecular formula is C14H20N2O3. The largest absolute Gasteiger partial charge is 0.480 e.